The van der Waals surface area contributed by atoms with Gasteiger partial charge in [-0.15, -0.1) is 10.2 Å². The third-order valence-electron chi connectivity index (χ3n) is 5.11. The highest BCUT2D eigenvalue weighted by molar-refractivity contribution is 5.96. The molecule has 3 aromatic carbocycles. The molecule has 0 radical (unpaired) electrons. The van der Waals surface area contributed by atoms with Gasteiger partial charge in [0.05, 0.1) is 12.6 Å². The summed E-state index contributed by atoms with van der Waals surface area (Å²) < 4.78 is 7.47. The number of hydrogen-bond donors (Lipinski definition) is 0. The van der Waals surface area contributed by atoms with Crippen molar-refractivity contribution >= 4 is 28.2 Å². The van der Waals surface area contributed by atoms with E-state index in [4.69, 9.17) is 9.72 Å². The number of rotatable bonds is 4. The van der Waals surface area contributed by atoms with E-state index in [1.807, 2.05) is 47.8 Å². The highest BCUT2D eigenvalue weighted by Gasteiger charge is 2.16. The summed E-state index contributed by atoms with van der Waals surface area (Å²) in [5.41, 5.74) is 4.14. The summed E-state index contributed by atoms with van der Waals surface area (Å²) in [5.74, 6) is 2.23. The number of fused-ring (bicyclic) bond motifs is 3. The van der Waals surface area contributed by atoms with E-state index in [9.17, 15) is 0 Å². The SMILES string of the molecule is COc1ccccc1-c1ccc2c(N(C)c3ccccc3)nc3nncn3c2c1. The summed E-state index contributed by atoms with van der Waals surface area (Å²) in [5, 5.41) is 9.28. The zero-order chi connectivity index (χ0) is 19.8. The molecule has 0 N–H and O–H groups in total. The van der Waals surface area contributed by atoms with Crippen molar-refractivity contribution in [1.82, 2.24) is 19.6 Å². The molecule has 29 heavy (non-hydrogen) atoms. The van der Waals surface area contributed by atoms with Crippen LogP contribution >= 0.6 is 0 Å². The predicted molar refractivity (Wildman–Crippen MR) is 115 cm³/mol. The Labute approximate surface area is 168 Å². The van der Waals surface area contributed by atoms with Gasteiger partial charge in [-0.05, 0) is 35.9 Å². The molecule has 0 aliphatic carbocycles. The Morgan fingerprint density at radius 3 is 2.55 bits per heavy atom. The lowest BCUT2D eigenvalue weighted by atomic mass is 10.0. The van der Waals surface area contributed by atoms with Gasteiger partial charge in [-0.3, -0.25) is 4.40 Å². The van der Waals surface area contributed by atoms with Gasteiger partial charge >= 0.3 is 0 Å². The minimum Gasteiger partial charge on any atom is -0.496 e. The maximum absolute atomic E-state index is 5.55. The zero-order valence-electron chi connectivity index (χ0n) is 16.1. The molecular weight excluding hydrogens is 362 g/mol. The van der Waals surface area contributed by atoms with E-state index >= 15 is 0 Å². The van der Waals surface area contributed by atoms with Crippen LogP contribution in [0.3, 0.4) is 0 Å². The number of nitrogens with zero attached hydrogens (tertiary/aromatic N) is 5. The fraction of sp³-hybridized carbons (Fsp3) is 0.0870. The quantitative estimate of drug-likeness (QED) is 0.451. The lowest BCUT2D eigenvalue weighted by Crippen LogP contribution is -2.12. The van der Waals surface area contributed by atoms with E-state index in [0.29, 0.717) is 5.78 Å². The van der Waals surface area contributed by atoms with Crippen molar-refractivity contribution in [2.24, 2.45) is 0 Å². The largest absolute Gasteiger partial charge is 0.496 e. The second kappa shape index (κ2) is 6.91. The van der Waals surface area contributed by atoms with Crippen molar-refractivity contribution in [3.8, 4) is 16.9 Å². The Kier molecular flexibility index (Phi) is 4.09. The molecule has 0 fully saturated rings. The summed E-state index contributed by atoms with van der Waals surface area (Å²) in [6.07, 6.45) is 1.70. The standard InChI is InChI=1S/C23H19N5O/c1-27(17-8-4-3-5-9-17)22-19-13-12-16(18-10-6-7-11-21(18)29-2)14-20(19)28-15-24-26-23(28)25-22/h3-15H,1-2H3. The summed E-state index contributed by atoms with van der Waals surface area (Å²) in [6, 6.07) is 24.5. The number of para-hydroxylation sites is 2. The van der Waals surface area contributed by atoms with E-state index in [1.165, 1.54) is 0 Å². The maximum atomic E-state index is 5.55. The van der Waals surface area contributed by atoms with Crippen molar-refractivity contribution in [2.75, 3.05) is 19.1 Å². The highest BCUT2D eigenvalue weighted by atomic mass is 16.5. The molecule has 142 valence electrons. The van der Waals surface area contributed by atoms with Gasteiger partial charge in [0.15, 0.2) is 0 Å². The van der Waals surface area contributed by atoms with E-state index in [0.717, 1.165) is 39.3 Å². The zero-order valence-corrected chi connectivity index (χ0v) is 16.1. The minimum absolute atomic E-state index is 0.562. The van der Waals surface area contributed by atoms with E-state index in [1.54, 1.807) is 13.4 Å². The van der Waals surface area contributed by atoms with Crippen LogP contribution in [0, 0.1) is 0 Å². The van der Waals surface area contributed by atoms with Crippen LogP contribution in [0.5, 0.6) is 5.75 Å². The summed E-state index contributed by atoms with van der Waals surface area (Å²) in [4.78, 5) is 6.84. The van der Waals surface area contributed by atoms with Gasteiger partial charge in [-0.1, -0.05) is 42.5 Å². The minimum atomic E-state index is 0.562. The van der Waals surface area contributed by atoms with Crippen LogP contribution in [0.4, 0.5) is 11.5 Å². The number of methoxy groups -OCH3 is 1. The molecule has 5 rings (SSSR count). The van der Waals surface area contributed by atoms with Gasteiger partial charge in [0, 0.05) is 23.7 Å². The molecule has 5 aromatic rings. The summed E-state index contributed by atoms with van der Waals surface area (Å²) >= 11 is 0. The molecule has 0 saturated carbocycles. The number of benzene rings is 3. The third kappa shape index (κ3) is 2.86. The predicted octanol–water partition coefficient (Wildman–Crippen LogP) is 4.72. The van der Waals surface area contributed by atoms with Crippen molar-refractivity contribution < 1.29 is 4.74 Å². The van der Waals surface area contributed by atoms with Crippen LogP contribution in [-0.4, -0.2) is 33.7 Å². The Bertz CT molecular complexity index is 1310. The van der Waals surface area contributed by atoms with Gasteiger partial charge in [-0.2, -0.15) is 4.98 Å². The molecule has 0 amide bonds. The lowest BCUT2D eigenvalue weighted by molar-refractivity contribution is 0.416. The first-order chi connectivity index (χ1) is 14.3. The molecule has 2 aromatic heterocycles. The molecule has 0 unspecified atom stereocenters. The van der Waals surface area contributed by atoms with Crippen LogP contribution in [-0.2, 0) is 0 Å². The summed E-state index contributed by atoms with van der Waals surface area (Å²) in [7, 11) is 3.70. The van der Waals surface area contributed by atoms with Gasteiger partial charge in [0.1, 0.15) is 17.9 Å². The fourth-order valence-electron chi connectivity index (χ4n) is 3.63. The Balaban J connectivity index is 1.76. The van der Waals surface area contributed by atoms with Crippen molar-refractivity contribution in [2.45, 2.75) is 0 Å². The van der Waals surface area contributed by atoms with Crippen LogP contribution in [0.1, 0.15) is 0 Å². The van der Waals surface area contributed by atoms with Crippen molar-refractivity contribution in [1.29, 1.82) is 0 Å². The Hall–Kier alpha value is -3.93. The first kappa shape index (κ1) is 17.2. The first-order valence-corrected chi connectivity index (χ1v) is 9.32. The average molecular weight is 381 g/mol. The summed E-state index contributed by atoms with van der Waals surface area (Å²) in [6.45, 7) is 0. The number of anilines is 2. The van der Waals surface area contributed by atoms with Crippen LogP contribution < -0.4 is 9.64 Å². The number of ether oxygens (including phenoxy) is 1. The Morgan fingerprint density at radius 1 is 0.931 bits per heavy atom. The van der Waals surface area contributed by atoms with Crippen LogP contribution in [0.25, 0.3) is 27.8 Å². The topological polar surface area (TPSA) is 55.5 Å². The van der Waals surface area contributed by atoms with Gasteiger partial charge in [0.25, 0.3) is 5.78 Å². The van der Waals surface area contributed by atoms with E-state index in [-0.39, 0.29) is 0 Å². The lowest BCUT2D eigenvalue weighted by Gasteiger charge is -2.20. The molecule has 0 atom stereocenters. The molecule has 2 heterocycles. The van der Waals surface area contributed by atoms with Crippen LogP contribution in [0.2, 0.25) is 0 Å². The molecule has 0 aliphatic rings. The van der Waals surface area contributed by atoms with Crippen LogP contribution in [0.15, 0.2) is 79.1 Å². The fourth-order valence-corrected chi connectivity index (χ4v) is 3.63. The molecule has 6 nitrogen and oxygen atoms in total. The Morgan fingerprint density at radius 2 is 1.72 bits per heavy atom. The molecule has 0 saturated heterocycles. The highest BCUT2D eigenvalue weighted by Crippen LogP contribution is 2.35. The first-order valence-electron chi connectivity index (χ1n) is 9.32. The molecule has 0 bridgehead atoms. The van der Waals surface area contributed by atoms with Gasteiger partial charge in [0.2, 0.25) is 0 Å². The molecular formula is C23H19N5O. The van der Waals surface area contributed by atoms with Gasteiger partial charge < -0.3 is 9.64 Å². The molecule has 0 aliphatic heterocycles. The second-order valence-corrected chi connectivity index (χ2v) is 6.76. The second-order valence-electron chi connectivity index (χ2n) is 6.76. The monoisotopic (exact) mass is 381 g/mol. The van der Waals surface area contributed by atoms with E-state index < -0.39 is 0 Å². The van der Waals surface area contributed by atoms with Crippen molar-refractivity contribution in [3.63, 3.8) is 0 Å². The smallest absolute Gasteiger partial charge is 0.257 e. The molecule has 0 spiro atoms. The number of hydrogen-bond acceptors (Lipinski definition) is 5. The maximum Gasteiger partial charge on any atom is 0.257 e. The van der Waals surface area contributed by atoms with Gasteiger partial charge in [-0.25, -0.2) is 0 Å². The molecule has 6 heteroatoms. The van der Waals surface area contributed by atoms with E-state index in [2.05, 4.69) is 51.5 Å². The third-order valence-corrected chi connectivity index (χ3v) is 5.11. The number of aromatic nitrogens is 4. The van der Waals surface area contributed by atoms with Crippen molar-refractivity contribution in [3.05, 3.63) is 79.1 Å². The normalized spacial score (nSPS) is 11.1. The average Bonchev–Trinajstić information content (AvgIpc) is 3.27.